The van der Waals surface area contributed by atoms with Crippen molar-refractivity contribution in [3.63, 3.8) is 0 Å². The van der Waals surface area contributed by atoms with Gasteiger partial charge in [0.15, 0.2) is 0 Å². The van der Waals surface area contributed by atoms with Crippen molar-refractivity contribution >= 4 is 11.6 Å². The van der Waals surface area contributed by atoms with E-state index in [0.29, 0.717) is 6.54 Å². The smallest absolute Gasteiger partial charge is 0.246 e. The molecule has 0 radical (unpaired) electrons. The predicted octanol–water partition coefficient (Wildman–Crippen LogP) is 0.923. The second-order valence-corrected chi connectivity index (χ2v) is 4.64. The fourth-order valence-electron chi connectivity index (χ4n) is 1.55. The lowest BCUT2D eigenvalue weighted by molar-refractivity contribution is -0.124. The molecule has 5 heteroatoms. The molecule has 0 saturated carbocycles. The largest absolute Gasteiger partial charge is 0.384 e. The van der Waals surface area contributed by atoms with E-state index in [4.69, 9.17) is 4.74 Å². The van der Waals surface area contributed by atoms with Crippen molar-refractivity contribution in [1.82, 2.24) is 10.2 Å². The molecule has 0 unspecified atom stereocenters. The number of hydrogen-bond donors (Lipinski definition) is 2. The number of ether oxygens (including phenoxy) is 1. The van der Waals surface area contributed by atoms with Gasteiger partial charge in [0.2, 0.25) is 5.91 Å². The van der Waals surface area contributed by atoms with E-state index in [9.17, 15) is 4.79 Å². The summed E-state index contributed by atoms with van der Waals surface area (Å²) in [6.07, 6.45) is 0. The Morgan fingerprint density at radius 1 is 1.26 bits per heavy atom. The lowest BCUT2D eigenvalue weighted by Crippen LogP contribution is -2.26. The molecule has 1 aromatic rings. The molecule has 0 saturated heterocycles. The van der Waals surface area contributed by atoms with Crippen LogP contribution in [-0.4, -0.2) is 51.7 Å². The van der Waals surface area contributed by atoms with E-state index in [-0.39, 0.29) is 12.5 Å². The van der Waals surface area contributed by atoms with Crippen molar-refractivity contribution < 1.29 is 9.53 Å². The summed E-state index contributed by atoms with van der Waals surface area (Å²) < 4.78 is 4.75. The zero-order chi connectivity index (χ0) is 14.1. The highest BCUT2D eigenvalue weighted by Gasteiger charge is 2.00. The Hall–Kier alpha value is -1.59. The molecule has 1 rings (SSSR count). The van der Waals surface area contributed by atoms with Crippen LogP contribution in [-0.2, 0) is 16.1 Å². The van der Waals surface area contributed by atoms with Gasteiger partial charge in [0, 0.05) is 32.4 Å². The topological polar surface area (TPSA) is 53.6 Å². The number of benzene rings is 1. The Morgan fingerprint density at radius 2 is 1.95 bits per heavy atom. The van der Waals surface area contributed by atoms with Gasteiger partial charge in [-0.3, -0.25) is 4.79 Å². The first-order valence-corrected chi connectivity index (χ1v) is 6.35. The Balaban J connectivity index is 2.33. The molecule has 0 bridgehead atoms. The zero-order valence-electron chi connectivity index (χ0n) is 11.9. The normalized spacial score (nSPS) is 10.5. The Bertz CT molecular complexity index is 377. The number of nitrogens with zero attached hydrogens (tertiary/aromatic N) is 1. The summed E-state index contributed by atoms with van der Waals surface area (Å²) in [5, 5.41) is 6.13. The van der Waals surface area contributed by atoms with Gasteiger partial charge in [-0.05, 0) is 31.8 Å². The number of likely N-dealkylation sites (N-methyl/N-ethyl adjacent to an activating group) is 1. The number of methoxy groups -OCH3 is 1. The van der Waals surface area contributed by atoms with E-state index in [1.807, 2.05) is 38.4 Å². The molecule has 19 heavy (non-hydrogen) atoms. The molecule has 1 aromatic carbocycles. The highest BCUT2D eigenvalue weighted by molar-refractivity contribution is 5.77. The molecule has 0 aromatic heterocycles. The van der Waals surface area contributed by atoms with Crippen molar-refractivity contribution in [1.29, 1.82) is 0 Å². The van der Waals surface area contributed by atoms with Gasteiger partial charge >= 0.3 is 0 Å². The molecule has 1 amide bonds. The van der Waals surface area contributed by atoms with Crippen molar-refractivity contribution in [2.75, 3.05) is 46.2 Å². The molecule has 5 nitrogen and oxygen atoms in total. The average Bonchev–Trinajstić information content (AvgIpc) is 2.38. The lowest BCUT2D eigenvalue weighted by Gasteiger charge is -2.11. The number of rotatable bonds is 8. The van der Waals surface area contributed by atoms with Crippen LogP contribution in [0.25, 0.3) is 0 Å². The first-order valence-electron chi connectivity index (χ1n) is 6.35. The second kappa shape index (κ2) is 8.50. The van der Waals surface area contributed by atoms with Gasteiger partial charge in [-0.25, -0.2) is 0 Å². The molecule has 0 aliphatic carbocycles. The lowest BCUT2D eigenvalue weighted by atomic mass is 10.2. The Kier molecular flexibility index (Phi) is 6.92. The van der Waals surface area contributed by atoms with Crippen LogP contribution >= 0.6 is 0 Å². The maximum atomic E-state index is 11.2. The van der Waals surface area contributed by atoms with E-state index in [2.05, 4.69) is 15.5 Å². The number of amides is 1. The second-order valence-electron chi connectivity index (χ2n) is 4.64. The van der Waals surface area contributed by atoms with Crippen LogP contribution in [0.3, 0.4) is 0 Å². The third kappa shape index (κ3) is 6.79. The molecule has 0 aliphatic heterocycles. The van der Waals surface area contributed by atoms with E-state index in [1.165, 1.54) is 7.11 Å². The highest BCUT2D eigenvalue weighted by Crippen LogP contribution is 2.08. The number of nitrogens with one attached hydrogen (secondary N) is 2. The van der Waals surface area contributed by atoms with E-state index in [0.717, 1.165) is 24.3 Å². The highest BCUT2D eigenvalue weighted by atomic mass is 16.5. The summed E-state index contributed by atoms with van der Waals surface area (Å²) in [6.45, 7) is 2.54. The minimum Gasteiger partial charge on any atom is -0.384 e. The van der Waals surface area contributed by atoms with Crippen LogP contribution in [0.1, 0.15) is 5.56 Å². The summed E-state index contributed by atoms with van der Waals surface area (Å²) in [4.78, 5) is 13.4. The molecule has 0 heterocycles. The van der Waals surface area contributed by atoms with Gasteiger partial charge in [-0.1, -0.05) is 12.1 Å². The van der Waals surface area contributed by atoms with Gasteiger partial charge < -0.3 is 20.3 Å². The number of anilines is 1. The SMILES string of the molecule is COCC(=O)NCc1ccc(NCCN(C)C)cc1. The summed E-state index contributed by atoms with van der Waals surface area (Å²) in [5.74, 6) is -0.101. The molecule has 0 spiro atoms. The molecule has 106 valence electrons. The van der Waals surface area contributed by atoms with Gasteiger partial charge in [0.05, 0.1) is 0 Å². The first kappa shape index (κ1) is 15.5. The standard InChI is InChI=1S/C14H23N3O2/c1-17(2)9-8-15-13-6-4-12(5-7-13)10-16-14(18)11-19-3/h4-7,15H,8-11H2,1-3H3,(H,16,18). The Morgan fingerprint density at radius 3 is 2.53 bits per heavy atom. The summed E-state index contributed by atoms with van der Waals surface area (Å²) in [7, 11) is 5.61. The van der Waals surface area contributed by atoms with Crippen LogP contribution in [0, 0.1) is 0 Å². The maximum absolute atomic E-state index is 11.2. The fourth-order valence-corrected chi connectivity index (χ4v) is 1.55. The number of carbonyl (C=O) groups excluding carboxylic acids is 1. The first-order chi connectivity index (χ1) is 9.11. The van der Waals surface area contributed by atoms with Crippen molar-refractivity contribution in [2.24, 2.45) is 0 Å². The average molecular weight is 265 g/mol. The minimum atomic E-state index is -0.101. The van der Waals surface area contributed by atoms with Gasteiger partial charge in [-0.15, -0.1) is 0 Å². The summed E-state index contributed by atoms with van der Waals surface area (Å²) >= 11 is 0. The monoisotopic (exact) mass is 265 g/mol. The van der Waals surface area contributed by atoms with Gasteiger partial charge in [0.25, 0.3) is 0 Å². The van der Waals surface area contributed by atoms with Crippen LogP contribution in [0.15, 0.2) is 24.3 Å². The zero-order valence-corrected chi connectivity index (χ0v) is 11.9. The van der Waals surface area contributed by atoms with Crippen LogP contribution < -0.4 is 10.6 Å². The number of hydrogen-bond acceptors (Lipinski definition) is 4. The van der Waals surface area contributed by atoms with Crippen molar-refractivity contribution in [2.45, 2.75) is 6.54 Å². The van der Waals surface area contributed by atoms with Crippen LogP contribution in [0.2, 0.25) is 0 Å². The van der Waals surface area contributed by atoms with Crippen molar-refractivity contribution in [3.05, 3.63) is 29.8 Å². The summed E-state index contributed by atoms with van der Waals surface area (Å²) in [5.41, 5.74) is 2.16. The predicted molar refractivity (Wildman–Crippen MR) is 77.2 cm³/mol. The fraction of sp³-hybridized carbons (Fsp3) is 0.500. The van der Waals surface area contributed by atoms with Gasteiger partial charge in [-0.2, -0.15) is 0 Å². The minimum absolute atomic E-state index is 0.101. The van der Waals surface area contributed by atoms with Gasteiger partial charge in [0.1, 0.15) is 6.61 Å². The molecule has 2 N–H and O–H groups in total. The maximum Gasteiger partial charge on any atom is 0.246 e. The molecular formula is C14H23N3O2. The van der Waals surface area contributed by atoms with E-state index < -0.39 is 0 Å². The Labute approximate surface area is 114 Å². The van der Waals surface area contributed by atoms with Crippen LogP contribution in [0.4, 0.5) is 5.69 Å². The third-order valence-electron chi connectivity index (χ3n) is 2.61. The molecule has 0 aliphatic rings. The molecular weight excluding hydrogens is 242 g/mol. The van der Waals surface area contributed by atoms with Crippen molar-refractivity contribution in [3.8, 4) is 0 Å². The molecule has 0 fully saturated rings. The van der Waals surface area contributed by atoms with E-state index in [1.54, 1.807) is 0 Å². The quantitative estimate of drug-likeness (QED) is 0.734. The molecule has 0 atom stereocenters. The number of carbonyl (C=O) groups is 1. The third-order valence-corrected chi connectivity index (χ3v) is 2.61. The summed E-state index contributed by atoms with van der Waals surface area (Å²) in [6, 6.07) is 8.05. The van der Waals surface area contributed by atoms with Crippen LogP contribution in [0.5, 0.6) is 0 Å². The van der Waals surface area contributed by atoms with E-state index >= 15 is 0 Å².